The highest BCUT2D eigenvalue weighted by Gasteiger charge is 2.41. The number of hydrogen-bond acceptors (Lipinski definition) is 4. The van der Waals surface area contributed by atoms with Gasteiger partial charge in [0.05, 0.1) is 13.1 Å². The van der Waals surface area contributed by atoms with Crippen LogP contribution in [0.4, 0.5) is 0 Å². The first-order valence-corrected chi connectivity index (χ1v) is 8.15. The van der Waals surface area contributed by atoms with E-state index in [0.717, 1.165) is 25.3 Å². The molecule has 3 N–H and O–H groups in total. The molecule has 5 nitrogen and oxygen atoms in total. The molecule has 2 fully saturated rings. The van der Waals surface area contributed by atoms with Crippen LogP contribution in [0.1, 0.15) is 12.8 Å². The number of amides is 1. The summed E-state index contributed by atoms with van der Waals surface area (Å²) in [4.78, 5) is 14.2. The maximum atomic E-state index is 12.0. The molecular formula is C17H26ClN3O2. The summed E-state index contributed by atoms with van der Waals surface area (Å²) in [5, 5.41) is 2.92. The van der Waals surface area contributed by atoms with Gasteiger partial charge in [0.1, 0.15) is 12.4 Å². The predicted octanol–water partition coefficient (Wildman–Crippen LogP) is 1.27. The summed E-state index contributed by atoms with van der Waals surface area (Å²) in [5.41, 5.74) is 6.12. The second-order valence-corrected chi connectivity index (χ2v) is 6.37. The van der Waals surface area contributed by atoms with E-state index >= 15 is 0 Å². The third-order valence-electron chi connectivity index (χ3n) is 4.79. The fourth-order valence-electron chi connectivity index (χ4n) is 3.66. The van der Waals surface area contributed by atoms with Gasteiger partial charge in [-0.3, -0.25) is 9.69 Å². The van der Waals surface area contributed by atoms with Crippen molar-refractivity contribution in [1.29, 1.82) is 0 Å². The number of para-hydroxylation sites is 1. The van der Waals surface area contributed by atoms with Crippen LogP contribution < -0.4 is 15.8 Å². The lowest BCUT2D eigenvalue weighted by atomic mass is 9.98. The number of fused-ring (bicyclic) bond motifs is 1. The molecule has 1 heterocycles. The minimum absolute atomic E-state index is 0. The molecule has 0 aromatic heterocycles. The molecule has 1 aromatic rings. The van der Waals surface area contributed by atoms with Gasteiger partial charge in [0.15, 0.2) is 0 Å². The zero-order valence-corrected chi connectivity index (χ0v) is 14.1. The van der Waals surface area contributed by atoms with Crippen molar-refractivity contribution in [1.82, 2.24) is 10.2 Å². The quantitative estimate of drug-likeness (QED) is 0.766. The van der Waals surface area contributed by atoms with Gasteiger partial charge in [-0.05, 0) is 36.8 Å². The SMILES string of the molecule is Cl.NC1CCC2CN(CC(=O)NCCOc3ccccc3)CC12. The summed E-state index contributed by atoms with van der Waals surface area (Å²) >= 11 is 0. The van der Waals surface area contributed by atoms with Crippen molar-refractivity contribution in [3.63, 3.8) is 0 Å². The second kappa shape index (κ2) is 8.52. The number of likely N-dealkylation sites (tertiary alicyclic amines) is 1. The van der Waals surface area contributed by atoms with Gasteiger partial charge in [0.25, 0.3) is 0 Å². The molecule has 1 aliphatic carbocycles. The average Bonchev–Trinajstić information content (AvgIpc) is 3.07. The highest BCUT2D eigenvalue weighted by molar-refractivity contribution is 5.85. The minimum Gasteiger partial charge on any atom is -0.492 e. The Morgan fingerprint density at radius 3 is 2.78 bits per heavy atom. The van der Waals surface area contributed by atoms with Crippen LogP contribution in [-0.4, -0.2) is 49.6 Å². The van der Waals surface area contributed by atoms with Crippen molar-refractivity contribution in [2.24, 2.45) is 17.6 Å². The first kappa shape index (κ1) is 18.0. The lowest BCUT2D eigenvalue weighted by Gasteiger charge is -2.17. The molecule has 128 valence electrons. The first-order chi connectivity index (χ1) is 10.7. The van der Waals surface area contributed by atoms with Crippen LogP contribution >= 0.6 is 12.4 Å². The van der Waals surface area contributed by atoms with E-state index in [-0.39, 0.29) is 18.3 Å². The van der Waals surface area contributed by atoms with E-state index in [1.807, 2.05) is 30.3 Å². The number of carbonyl (C=O) groups excluding carboxylic acids is 1. The molecular weight excluding hydrogens is 314 g/mol. The molecule has 1 aromatic carbocycles. The van der Waals surface area contributed by atoms with Crippen molar-refractivity contribution < 1.29 is 9.53 Å². The largest absolute Gasteiger partial charge is 0.492 e. The van der Waals surface area contributed by atoms with Crippen LogP contribution in [0.25, 0.3) is 0 Å². The minimum atomic E-state index is 0. The highest BCUT2D eigenvalue weighted by Crippen LogP contribution is 2.36. The van der Waals surface area contributed by atoms with E-state index in [1.165, 1.54) is 6.42 Å². The summed E-state index contributed by atoms with van der Waals surface area (Å²) < 4.78 is 5.56. The topological polar surface area (TPSA) is 67.6 Å². The van der Waals surface area contributed by atoms with E-state index in [1.54, 1.807) is 0 Å². The molecule has 0 radical (unpaired) electrons. The van der Waals surface area contributed by atoms with E-state index in [9.17, 15) is 4.79 Å². The van der Waals surface area contributed by atoms with Gasteiger partial charge in [-0.1, -0.05) is 18.2 Å². The Balaban J connectivity index is 0.00000192. The lowest BCUT2D eigenvalue weighted by Crippen LogP contribution is -2.39. The summed E-state index contributed by atoms with van der Waals surface area (Å²) in [6.07, 6.45) is 2.36. The summed E-state index contributed by atoms with van der Waals surface area (Å²) in [6.45, 7) is 3.50. The molecule has 3 atom stereocenters. The van der Waals surface area contributed by atoms with E-state index in [2.05, 4.69) is 10.2 Å². The van der Waals surface area contributed by atoms with Crippen LogP contribution in [-0.2, 0) is 4.79 Å². The Labute approximate surface area is 144 Å². The fraction of sp³-hybridized carbons (Fsp3) is 0.588. The number of halogens is 1. The maximum Gasteiger partial charge on any atom is 0.234 e. The van der Waals surface area contributed by atoms with Crippen molar-refractivity contribution in [3.8, 4) is 5.75 Å². The lowest BCUT2D eigenvalue weighted by molar-refractivity contribution is -0.122. The smallest absolute Gasteiger partial charge is 0.234 e. The molecule has 0 bridgehead atoms. The maximum absolute atomic E-state index is 12.0. The van der Waals surface area contributed by atoms with Crippen molar-refractivity contribution in [3.05, 3.63) is 30.3 Å². The van der Waals surface area contributed by atoms with Gasteiger partial charge in [0, 0.05) is 19.1 Å². The molecule has 1 amide bonds. The van der Waals surface area contributed by atoms with Gasteiger partial charge in [0.2, 0.25) is 5.91 Å². The number of benzene rings is 1. The van der Waals surface area contributed by atoms with Crippen molar-refractivity contribution >= 4 is 18.3 Å². The second-order valence-electron chi connectivity index (χ2n) is 6.37. The number of nitrogens with two attached hydrogens (primary N) is 1. The number of rotatable bonds is 6. The van der Waals surface area contributed by atoms with Gasteiger partial charge in [-0.15, -0.1) is 12.4 Å². The van der Waals surface area contributed by atoms with Crippen molar-refractivity contribution in [2.75, 3.05) is 32.8 Å². The Bertz CT molecular complexity index is 500. The number of nitrogens with one attached hydrogen (secondary N) is 1. The van der Waals surface area contributed by atoms with E-state index in [4.69, 9.17) is 10.5 Å². The normalized spacial score (nSPS) is 26.4. The van der Waals surface area contributed by atoms with Gasteiger partial charge < -0.3 is 15.8 Å². The van der Waals surface area contributed by atoms with Crippen LogP contribution in [0.3, 0.4) is 0 Å². The number of ether oxygens (including phenoxy) is 1. The Hall–Kier alpha value is -1.30. The predicted molar refractivity (Wildman–Crippen MR) is 92.8 cm³/mol. The zero-order valence-electron chi connectivity index (χ0n) is 13.3. The van der Waals surface area contributed by atoms with Crippen LogP contribution in [0.5, 0.6) is 5.75 Å². The molecule has 1 aliphatic heterocycles. The summed E-state index contributed by atoms with van der Waals surface area (Å²) in [6, 6.07) is 9.97. The highest BCUT2D eigenvalue weighted by atomic mass is 35.5. The van der Waals surface area contributed by atoms with Gasteiger partial charge >= 0.3 is 0 Å². The Morgan fingerprint density at radius 1 is 1.26 bits per heavy atom. The molecule has 1 saturated heterocycles. The molecule has 1 saturated carbocycles. The molecule has 6 heteroatoms. The van der Waals surface area contributed by atoms with Crippen LogP contribution in [0.2, 0.25) is 0 Å². The zero-order chi connectivity index (χ0) is 15.4. The third kappa shape index (κ3) is 4.83. The number of carbonyl (C=O) groups is 1. The number of hydrogen-bond donors (Lipinski definition) is 2. The first-order valence-electron chi connectivity index (χ1n) is 8.15. The van der Waals surface area contributed by atoms with Gasteiger partial charge in [-0.2, -0.15) is 0 Å². The Morgan fingerprint density at radius 2 is 2.04 bits per heavy atom. The van der Waals surface area contributed by atoms with Gasteiger partial charge in [-0.25, -0.2) is 0 Å². The molecule has 3 unspecified atom stereocenters. The fourth-order valence-corrected chi connectivity index (χ4v) is 3.66. The van der Waals surface area contributed by atoms with E-state index < -0.39 is 0 Å². The molecule has 0 spiro atoms. The summed E-state index contributed by atoms with van der Waals surface area (Å²) in [5.74, 6) is 2.20. The molecule has 23 heavy (non-hydrogen) atoms. The summed E-state index contributed by atoms with van der Waals surface area (Å²) in [7, 11) is 0. The monoisotopic (exact) mass is 339 g/mol. The Kier molecular flexibility index (Phi) is 6.69. The molecule has 3 rings (SSSR count). The number of nitrogens with zero attached hydrogens (tertiary/aromatic N) is 1. The average molecular weight is 340 g/mol. The van der Waals surface area contributed by atoms with Crippen LogP contribution in [0, 0.1) is 11.8 Å². The third-order valence-corrected chi connectivity index (χ3v) is 4.79. The standard InChI is InChI=1S/C17H25N3O2.ClH/c18-16-7-6-13-10-20(11-15(13)16)12-17(21)19-8-9-22-14-4-2-1-3-5-14;/h1-5,13,15-16H,6-12,18H2,(H,19,21);1H. The molecule has 2 aliphatic rings. The van der Waals surface area contributed by atoms with Crippen LogP contribution in [0.15, 0.2) is 30.3 Å². The van der Waals surface area contributed by atoms with Crippen molar-refractivity contribution in [2.45, 2.75) is 18.9 Å². The van der Waals surface area contributed by atoms with E-state index in [0.29, 0.717) is 37.6 Å².